The normalized spacial score (nSPS) is 18.8. The first kappa shape index (κ1) is 36.5. The second-order valence-electron chi connectivity index (χ2n) is 14.6. The summed E-state index contributed by atoms with van der Waals surface area (Å²) in [5.74, 6) is -1.91. The van der Waals surface area contributed by atoms with E-state index in [0.29, 0.717) is 54.3 Å². The van der Waals surface area contributed by atoms with Crippen molar-refractivity contribution in [1.29, 1.82) is 0 Å². The van der Waals surface area contributed by atoms with E-state index in [1.54, 1.807) is 34.9 Å². The van der Waals surface area contributed by atoms with Crippen LogP contribution < -0.4 is 26.4 Å². The highest BCUT2D eigenvalue weighted by Crippen LogP contribution is 2.33. The zero-order valence-electron chi connectivity index (χ0n) is 31.0. The molecular formula is C39H40N10O7. The largest absolute Gasteiger partial charge is 0.376 e. The van der Waals surface area contributed by atoms with Gasteiger partial charge >= 0.3 is 0 Å². The molecule has 3 N–H and O–H groups in total. The van der Waals surface area contributed by atoms with Crippen molar-refractivity contribution in [3.05, 3.63) is 75.3 Å². The van der Waals surface area contributed by atoms with Crippen LogP contribution in [0.5, 0.6) is 0 Å². The number of aromatic nitrogens is 4. The van der Waals surface area contributed by atoms with E-state index in [4.69, 9.17) is 4.98 Å². The number of fused-ring (bicyclic) bond motifs is 2. The molecule has 1 aromatic carbocycles. The number of hydrogen-bond donors (Lipinski definition) is 3. The lowest BCUT2D eigenvalue weighted by Crippen LogP contribution is -2.54. The summed E-state index contributed by atoms with van der Waals surface area (Å²) in [7, 11) is 0. The second-order valence-corrected chi connectivity index (χ2v) is 14.6. The Hall–Kier alpha value is -6.52. The summed E-state index contributed by atoms with van der Waals surface area (Å²) in [6, 6.07) is 7.28. The van der Waals surface area contributed by atoms with Crippen molar-refractivity contribution in [2.75, 3.05) is 48.3 Å². The first-order valence-electron chi connectivity index (χ1n) is 18.8. The number of ketones is 1. The molecule has 3 aliphatic heterocycles. The zero-order chi connectivity index (χ0) is 39.2. The molecule has 1 unspecified atom stereocenters. The average molecular weight is 761 g/mol. The smallest absolute Gasteiger partial charge is 0.263 e. The first-order chi connectivity index (χ1) is 27.0. The Labute approximate surface area is 320 Å². The zero-order valence-corrected chi connectivity index (χ0v) is 31.0. The number of Topliss-reactive ketones (excluding diaryl/α,β-unsaturated/α-hetero) is 1. The van der Waals surface area contributed by atoms with E-state index < -0.39 is 29.7 Å². The van der Waals surface area contributed by atoms with E-state index in [-0.39, 0.29) is 65.3 Å². The number of imide groups is 2. The molecular weight excluding hydrogens is 720 g/mol. The number of carbonyl (C=O) groups excluding carboxylic acids is 6. The lowest BCUT2D eigenvalue weighted by molar-refractivity contribution is -0.136. The molecule has 17 heteroatoms. The molecule has 56 heavy (non-hydrogen) atoms. The van der Waals surface area contributed by atoms with Gasteiger partial charge in [-0.15, -0.1) is 0 Å². The van der Waals surface area contributed by atoms with E-state index >= 15 is 0 Å². The number of nitrogens with zero attached hydrogens (tertiary/aromatic N) is 7. The van der Waals surface area contributed by atoms with Crippen LogP contribution in [0.15, 0.2) is 47.5 Å². The molecule has 5 amide bonds. The summed E-state index contributed by atoms with van der Waals surface area (Å²) >= 11 is 0. The third-order valence-corrected chi connectivity index (χ3v) is 11.1. The molecule has 1 atom stereocenters. The van der Waals surface area contributed by atoms with Gasteiger partial charge in [-0.05, 0) is 69.0 Å². The van der Waals surface area contributed by atoms with Gasteiger partial charge in [0.15, 0.2) is 5.78 Å². The van der Waals surface area contributed by atoms with E-state index in [9.17, 15) is 33.6 Å². The van der Waals surface area contributed by atoms with E-state index in [1.807, 2.05) is 12.1 Å². The highest BCUT2D eigenvalue weighted by atomic mass is 16.2. The van der Waals surface area contributed by atoms with Crippen LogP contribution in [-0.4, -0.2) is 103 Å². The van der Waals surface area contributed by atoms with E-state index in [2.05, 4.69) is 30.8 Å². The monoisotopic (exact) mass is 760 g/mol. The Morgan fingerprint density at radius 1 is 0.893 bits per heavy atom. The molecule has 8 rings (SSSR count). The number of piperazine rings is 1. The topological polar surface area (TPSA) is 209 Å². The van der Waals surface area contributed by atoms with Crippen molar-refractivity contribution in [1.82, 2.24) is 34.6 Å². The number of benzene rings is 1. The number of piperidine rings is 1. The van der Waals surface area contributed by atoms with Gasteiger partial charge in [0.2, 0.25) is 23.7 Å². The maximum atomic E-state index is 13.5. The lowest BCUT2D eigenvalue weighted by atomic mass is 10.0. The third-order valence-electron chi connectivity index (χ3n) is 11.1. The summed E-state index contributed by atoms with van der Waals surface area (Å²) in [6.45, 7) is 5.28. The molecule has 0 radical (unpaired) electrons. The van der Waals surface area contributed by atoms with Crippen molar-refractivity contribution in [3.8, 4) is 0 Å². The Balaban J connectivity index is 0.867. The van der Waals surface area contributed by atoms with Crippen molar-refractivity contribution in [3.63, 3.8) is 0 Å². The number of carbonyl (C=O) groups is 6. The van der Waals surface area contributed by atoms with Crippen LogP contribution in [0.4, 0.5) is 23.1 Å². The summed E-state index contributed by atoms with van der Waals surface area (Å²) in [5.41, 5.74) is 2.62. The highest BCUT2D eigenvalue weighted by molar-refractivity contribution is 6.23. The molecule has 1 saturated carbocycles. The average Bonchev–Trinajstić information content (AvgIpc) is 3.80. The fraction of sp³-hybridized carbons (Fsp3) is 0.385. The number of nitrogens with one attached hydrogen (secondary N) is 3. The highest BCUT2D eigenvalue weighted by Gasteiger charge is 2.44. The number of hydrogen-bond acceptors (Lipinski definition) is 13. The fourth-order valence-corrected chi connectivity index (χ4v) is 8.15. The Morgan fingerprint density at radius 2 is 1.64 bits per heavy atom. The van der Waals surface area contributed by atoms with Crippen LogP contribution in [0.1, 0.15) is 88.1 Å². The van der Waals surface area contributed by atoms with E-state index in [1.165, 1.54) is 19.1 Å². The maximum absolute atomic E-state index is 13.5. The standard InChI is InChI=1S/C39H40N10O7/c1-21-28-19-42-39(45-34(28)48(24-5-3-4-6-24)38(56)33(21)22(2)50)43-30-11-8-25(18-41-30)46-13-15-47(16-14-46)32(52)20-40-23-7-9-26-27(17-23)37(55)49(36(26)54)29-10-12-31(51)44-35(29)53/h7-9,11,17-19,24,29,40H,3-6,10,12-16,20H2,1-2H3,(H,44,51,53)(H,41,42,43,45). The number of anilines is 4. The van der Waals surface area contributed by atoms with Crippen LogP contribution in [0.25, 0.3) is 11.0 Å². The quantitative estimate of drug-likeness (QED) is 0.166. The van der Waals surface area contributed by atoms with Crippen molar-refractivity contribution >= 4 is 69.5 Å². The Kier molecular flexibility index (Phi) is 9.51. The Bertz CT molecular complexity index is 2380. The molecule has 1 aliphatic carbocycles. The second kappa shape index (κ2) is 14.6. The maximum Gasteiger partial charge on any atom is 0.263 e. The predicted octanol–water partition coefficient (Wildman–Crippen LogP) is 2.72. The minimum Gasteiger partial charge on any atom is -0.376 e. The van der Waals surface area contributed by atoms with E-state index in [0.717, 1.165) is 36.3 Å². The molecule has 0 spiro atoms. The van der Waals surface area contributed by atoms with Gasteiger partial charge in [-0.3, -0.25) is 48.3 Å². The van der Waals surface area contributed by atoms with Crippen molar-refractivity contribution < 1.29 is 28.8 Å². The minimum absolute atomic E-state index is 0.0230. The van der Waals surface area contributed by atoms with Crippen LogP contribution in [0, 0.1) is 6.92 Å². The van der Waals surface area contributed by atoms with Gasteiger partial charge in [0.05, 0.1) is 35.1 Å². The number of aryl methyl sites for hydroxylation is 1. The molecule has 2 saturated heterocycles. The van der Waals surface area contributed by atoms with Gasteiger partial charge in [0.1, 0.15) is 17.5 Å². The van der Waals surface area contributed by atoms with Gasteiger partial charge < -0.3 is 20.4 Å². The SMILES string of the molecule is CC(=O)c1c(C)c2cnc(Nc3ccc(N4CCN(C(=O)CNc5ccc6c(c5)C(=O)N(C5CCC(=O)NC5=O)C6=O)CC4)cn3)nc2n(C2CCCC2)c1=O. The van der Waals surface area contributed by atoms with Gasteiger partial charge in [0, 0.05) is 55.9 Å². The molecule has 3 aromatic heterocycles. The van der Waals surface area contributed by atoms with Gasteiger partial charge in [-0.2, -0.15) is 4.98 Å². The molecule has 3 fully saturated rings. The number of amides is 5. The van der Waals surface area contributed by atoms with Gasteiger partial charge in [-0.1, -0.05) is 12.8 Å². The fourth-order valence-electron chi connectivity index (χ4n) is 8.15. The van der Waals surface area contributed by atoms with Crippen LogP contribution in [0.3, 0.4) is 0 Å². The number of rotatable bonds is 9. The molecule has 0 bridgehead atoms. The van der Waals surface area contributed by atoms with Crippen LogP contribution in [-0.2, 0) is 14.4 Å². The third kappa shape index (κ3) is 6.62. The van der Waals surface area contributed by atoms with Crippen molar-refractivity contribution in [2.45, 2.75) is 64.5 Å². The molecule has 4 aromatic rings. The number of pyridine rings is 2. The summed E-state index contributed by atoms with van der Waals surface area (Å²) < 4.78 is 1.68. The summed E-state index contributed by atoms with van der Waals surface area (Å²) in [5, 5.41) is 9.06. The predicted molar refractivity (Wildman–Crippen MR) is 204 cm³/mol. The molecule has 4 aliphatic rings. The lowest BCUT2D eigenvalue weighted by Gasteiger charge is -2.36. The van der Waals surface area contributed by atoms with Crippen LogP contribution >= 0.6 is 0 Å². The first-order valence-corrected chi connectivity index (χ1v) is 18.8. The molecule has 17 nitrogen and oxygen atoms in total. The Morgan fingerprint density at radius 3 is 2.34 bits per heavy atom. The summed E-state index contributed by atoms with van der Waals surface area (Å²) in [6.07, 6.45) is 7.22. The van der Waals surface area contributed by atoms with Crippen LogP contribution in [0.2, 0.25) is 0 Å². The minimum atomic E-state index is -1.05. The molecule has 6 heterocycles. The van der Waals surface area contributed by atoms with Crippen molar-refractivity contribution in [2.24, 2.45) is 0 Å². The van der Waals surface area contributed by atoms with Gasteiger partial charge in [-0.25, -0.2) is 9.97 Å². The van der Waals surface area contributed by atoms with Gasteiger partial charge in [0.25, 0.3) is 17.4 Å². The summed E-state index contributed by atoms with van der Waals surface area (Å²) in [4.78, 5) is 108. The molecule has 288 valence electrons.